The number of hydrogen-bond donors (Lipinski definition) is 0. The first-order valence-electron chi connectivity index (χ1n) is 8.39. The Morgan fingerprint density at radius 1 is 0.963 bits per heavy atom. The molecule has 0 unspecified atom stereocenters. The van der Waals surface area contributed by atoms with Gasteiger partial charge in [-0.05, 0) is 77.6 Å². The Labute approximate surface area is 169 Å². The van der Waals surface area contributed by atoms with Gasteiger partial charge in [0.15, 0.2) is 0 Å². The van der Waals surface area contributed by atoms with Gasteiger partial charge in [0.1, 0.15) is 0 Å². The molecule has 0 N–H and O–H groups in total. The van der Waals surface area contributed by atoms with Crippen LogP contribution >= 0.6 is 22.6 Å². The van der Waals surface area contributed by atoms with Crippen LogP contribution in [0.3, 0.4) is 0 Å². The molecule has 2 aromatic carbocycles. The molecule has 1 amide bonds. The SMILES string of the molecule is CC1=NN(c2ccc(I)cc2)C(=O)/C1=C\c1ccc2c(c1)n(C)c(=O)n2C. The molecule has 7 heteroatoms. The molecule has 4 rings (SSSR count). The number of halogens is 1. The molecule has 0 saturated carbocycles. The standard InChI is InChI=1S/C20H17IN4O2/c1-12-16(19(26)25(22-12)15-7-5-14(21)6-8-15)10-13-4-9-17-18(11-13)24(3)20(27)23(17)2/h4-11H,1-3H3/b16-10-. The highest BCUT2D eigenvalue weighted by Crippen LogP contribution is 2.26. The molecule has 0 bridgehead atoms. The van der Waals surface area contributed by atoms with Crippen molar-refractivity contribution in [3.63, 3.8) is 0 Å². The molecule has 1 aliphatic rings. The molecule has 0 radical (unpaired) electrons. The minimum atomic E-state index is -0.157. The molecule has 0 aliphatic carbocycles. The van der Waals surface area contributed by atoms with Crippen LogP contribution in [-0.2, 0) is 18.9 Å². The number of amides is 1. The van der Waals surface area contributed by atoms with Gasteiger partial charge in [0.25, 0.3) is 5.91 Å². The third-order valence-electron chi connectivity index (χ3n) is 4.74. The van der Waals surface area contributed by atoms with Crippen molar-refractivity contribution in [2.24, 2.45) is 19.2 Å². The van der Waals surface area contributed by atoms with Gasteiger partial charge in [-0.25, -0.2) is 4.79 Å². The zero-order valence-corrected chi connectivity index (χ0v) is 17.3. The normalized spacial score (nSPS) is 15.9. The topological polar surface area (TPSA) is 59.6 Å². The van der Waals surface area contributed by atoms with Crippen LogP contribution in [0.2, 0.25) is 0 Å². The molecular weight excluding hydrogens is 455 g/mol. The predicted octanol–water partition coefficient (Wildman–Crippen LogP) is 3.29. The van der Waals surface area contributed by atoms with Crippen LogP contribution in [0.15, 0.2) is 57.9 Å². The molecule has 2 heterocycles. The zero-order valence-electron chi connectivity index (χ0n) is 15.1. The minimum Gasteiger partial charge on any atom is -0.295 e. The Balaban J connectivity index is 1.74. The smallest absolute Gasteiger partial charge is 0.295 e. The fourth-order valence-electron chi connectivity index (χ4n) is 3.22. The summed E-state index contributed by atoms with van der Waals surface area (Å²) >= 11 is 2.22. The van der Waals surface area contributed by atoms with Gasteiger partial charge >= 0.3 is 5.69 Å². The summed E-state index contributed by atoms with van der Waals surface area (Å²) in [7, 11) is 3.49. The highest BCUT2D eigenvalue weighted by atomic mass is 127. The maximum Gasteiger partial charge on any atom is 0.328 e. The third kappa shape index (κ3) is 2.91. The lowest BCUT2D eigenvalue weighted by Crippen LogP contribution is -2.21. The average Bonchev–Trinajstić information content (AvgIpc) is 3.05. The van der Waals surface area contributed by atoms with Crippen molar-refractivity contribution in [3.05, 3.63) is 67.7 Å². The Bertz CT molecular complexity index is 1200. The summed E-state index contributed by atoms with van der Waals surface area (Å²) in [6, 6.07) is 13.4. The highest BCUT2D eigenvalue weighted by molar-refractivity contribution is 14.1. The number of anilines is 1. The number of carbonyl (C=O) groups is 1. The molecule has 3 aromatic rings. The number of nitrogens with zero attached hydrogens (tertiary/aromatic N) is 4. The Morgan fingerprint density at radius 2 is 1.63 bits per heavy atom. The molecule has 0 saturated heterocycles. The number of aryl methyl sites for hydroxylation is 2. The van der Waals surface area contributed by atoms with Crippen LogP contribution in [0, 0.1) is 3.57 Å². The number of aromatic nitrogens is 2. The zero-order chi connectivity index (χ0) is 19.3. The van der Waals surface area contributed by atoms with Crippen LogP contribution < -0.4 is 10.7 Å². The Hall–Kier alpha value is -2.68. The molecular formula is C20H17IN4O2. The first-order valence-corrected chi connectivity index (χ1v) is 9.47. The second kappa shape index (κ2) is 6.49. The van der Waals surface area contributed by atoms with E-state index < -0.39 is 0 Å². The second-order valence-corrected chi connectivity index (χ2v) is 7.73. The lowest BCUT2D eigenvalue weighted by atomic mass is 10.1. The Kier molecular flexibility index (Phi) is 4.26. The number of hydrazone groups is 1. The van der Waals surface area contributed by atoms with E-state index in [0.717, 1.165) is 25.9 Å². The van der Waals surface area contributed by atoms with Crippen LogP contribution in [0.25, 0.3) is 17.1 Å². The van der Waals surface area contributed by atoms with E-state index in [0.29, 0.717) is 11.3 Å². The van der Waals surface area contributed by atoms with Crippen molar-refractivity contribution in [1.82, 2.24) is 9.13 Å². The van der Waals surface area contributed by atoms with Crippen molar-refractivity contribution < 1.29 is 4.79 Å². The van der Waals surface area contributed by atoms with Gasteiger partial charge in [-0.1, -0.05) is 6.07 Å². The first-order chi connectivity index (χ1) is 12.9. The average molecular weight is 472 g/mol. The summed E-state index contributed by atoms with van der Waals surface area (Å²) in [6.45, 7) is 1.83. The fourth-order valence-corrected chi connectivity index (χ4v) is 3.58. The maximum atomic E-state index is 12.9. The first kappa shape index (κ1) is 17.7. The van der Waals surface area contributed by atoms with Crippen molar-refractivity contribution >= 4 is 57.0 Å². The maximum absolute atomic E-state index is 12.9. The summed E-state index contributed by atoms with van der Waals surface area (Å²) in [6.07, 6.45) is 1.82. The van der Waals surface area contributed by atoms with E-state index in [-0.39, 0.29) is 11.6 Å². The fraction of sp³-hybridized carbons (Fsp3) is 0.150. The summed E-state index contributed by atoms with van der Waals surface area (Å²) < 4.78 is 4.31. The molecule has 27 heavy (non-hydrogen) atoms. The van der Waals surface area contributed by atoms with Crippen LogP contribution in [0.5, 0.6) is 0 Å². The van der Waals surface area contributed by atoms with Gasteiger partial charge < -0.3 is 0 Å². The van der Waals surface area contributed by atoms with Crippen LogP contribution in [0.4, 0.5) is 5.69 Å². The van der Waals surface area contributed by atoms with Crippen LogP contribution in [-0.4, -0.2) is 20.8 Å². The summed E-state index contributed by atoms with van der Waals surface area (Å²) in [5.41, 5.74) is 4.42. The number of benzene rings is 2. The highest BCUT2D eigenvalue weighted by Gasteiger charge is 2.28. The summed E-state index contributed by atoms with van der Waals surface area (Å²) in [4.78, 5) is 25.0. The van der Waals surface area contributed by atoms with E-state index in [2.05, 4.69) is 27.7 Å². The number of fused-ring (bicyclic) bond motifs is 1. The van der Waals surface area contributed by atoms with E-state index in [4.69, 9.17) is 0 Å². The van der Waals surface area contributed by atoms with E-state index in [1.54, 1.807) is 23.2 Å². The lowest BCUT2D eigenvalue weighted by Gasteiger charge is -2.11. The minimum absolute atomic E-state index is 0.0747. The molecule has 0 atom stereocenters. The van der Waals surface area contributed by atoms with Crippen LogP contribution in [0.1, 0.15) is 12.5 Å². The molecule has 136 valence electrons. The Morgan fingerprint density at radius 3 is 2.33 bits per heavy atom. The second-order valence-electron chi connectivity index (χ2n) is 6.49. The quantitative estimate of drug-likeness (QED) is 0.425. The van der Waals surface area contributed by atoms with E-state index in [9.17, 15) is 9.59 Å². The lowest BCUT2D eigenvalue weighted by molar-refractivity contribution is -0.114. The molecule has 6 nitrogen and oxygen atoms in total. The molecule has 1 aromatic heterocycles. The van der Waals surface area contributed by atoms with Crippen molar-refractivity contribution in [2.45, 2.75) is 6.92 Å². The van der Waals surface area contributed by atoms with E-state index >= 15 is 0 Å². The van der Waals surface area contributed by atoms with Gasteiger partial charge in [0.05, 0.1) is 28.0 Å². The predicted molar refractivity (Wildman–Crippen MR) is 116 cm³/mol. The van der Waals surface area contributed by atoms with Crippen molar-refractivity contribution in [1.29, 1.82) is 0 Å². The van der Waals surface area contributed by atoms with Crippen molar-refractivity contribution in [3.8, 4) is 0 Å². The largest absolute Gasteiger partial charge is 0.328 e. The number of rotatable bonds is 2. The van der Waals surface area contributed by atoms with E-state index in [1.807, 2.05) is 55.5 Å². The third-order valence-corrected chi connectivity index (χ3v) is 5.46. The van der Waals surface area contributed by atoms with Crippen molar-refractivity contribution in [2.75, 3.05) is 5.01 Å². The van der Waals surface area contributed by atoms with Gasteiger partial charge in [-0.3, -0.25) is 13.9 Å². The molecule has 1 aliphatic heterocycles. The number of imidazole rings is 1. The van der Waals surface area contributed by atoms with Gasteiger partial charge in [0.2, 0.25) is 0 Å². The number of hydrogen-bond acceptors (Lipinski definition) is 3. The monoisotopic (exact) mass is 472 g/mol. The van der Waals surface area contributed by atoms with Gasteiger partial charge in [0, 0.05) is 17.7 Å². The number of carbonyl (C=O) groups excluding carboxylic acids is 1. The van der Waals surface area contributed by atoms with E-state index in [1.165, 1.54) is 5.01 Å². The summed E-state index contributed by atoms with van der Waals surface area (Å²) in [5.74, 6) is -0.157. The molecule has 0 fully saturated rings. The summed E-state index contributed by atoms with van der Waals surface area (Å²) in [5, 5.41) is 5.84. The molecule has 0 spiro atoms. The van der Waals surface area contributed by atoms with Gasteiger partial charge in [-0.15, -0.1) is 0 Å². The van der Waals surface area contributed by atoms with Gasteiger partial charge in [-0.2, -0.15) is 10.1 Å².